The molecular weight excluding hydrogens is 428 g/mol. The van der Waals surface area contributed by atoms with E-state index in [1.165, 1.54) is 6.26 Å². The van der Waals surface area contributed by atoms with E-state index in [0.29, 0.717) is 11.8 Å². The molecule has 3 aliphatic heterocycles. The Morgan fingerprint density at radius 1 is 1.03 bits per heavy atom. The summed E-state index contributed by atoms with van der Waals surface area (Å²) >= 11 is 0. The van der Waals surface area contributed by atoms with Gasteiger partial charge in [0.2, 0.25) is 0 Å². The fraction of sp³-hybridized carbons (Fsp3) is 0.227. The van der Waals surface area contributed by atoms with Crippen LogP contribution in [0.1, 0.15) is 0 Å². The van der Waals surface area contributed by atoms with E-state index in [9.17, 15) is 8.42 Å². The molecule has 32 heavy (non-hydrogen) atoms. The van der Waals surface area contributed by atoms with Crippen LogP contribution in [-0.2, 0) is 14.6 Å². The number of amidine groups is 1. The fourth-order valence-corrected chi connectivity index (χ4v) is 4.47. The standard InChI is InChI=1S/C22H23N6O3S/c1-32(29,30)20-8-6-19(7-9-20)28-13-10-23-16-21(28)25-22(26-28)24-17-2-4-18(5-3-17)27-11-14-31-15-12-27/h2-10,13,16H,11-12,14-15H2,1H3,(H,24,26)/q+1. The molecule has 9 nitrogen and oxygen atoms in total. The molecule has 1 unspecified atom stereocenters. The van der Waals surface area contributed by atoms with Crippen molar-refractivity contribution < 1.29 is 13.2 Å². The smallest absolute Gasteiger partial charge is 0.287 e. The van der Waals surface area contributed by atoms with Crippen molar-refractivity contribution in [2.24, 2.45) is 15.1 Å². The zero-order chi connectivity index (χ0) is 22.2. The van der Waals surface area contributed by atoms with Gasteiger partial charge in [0.05, 0.1) is 24.3 Å². The van der Waals surface area contributed by atoms with Crippen molar-refractivity contribution in [3.8, 4) is 0 Å². The SMILES string of the molecule is CS(=O)(=O)c1ccc([N+]23C=CN=CC2=NC(Nc2ccc(N4CCOCC4)cc2)=N3)cc1. The summed E-state index contributed by atoms with van der Waals surface area (Å²) in [6.45, 7) is 3.26. The number of rotatable bonds is 4. The molecule has 2 aromatic rings. The van der Waals surface area contributed by atoms with Gasteiger partial charge < -0.3 is 15.0 Å². The molecular formula is C22H23N6O3S+. The van der Waals surface area contributed by atoms with E-state index in [1.807, 2.05) is 18.3 Å². The third kappa shape index (κ3) is 3.83. The van der Waals surface area contributed by atoms with Gasteiger partial charge >= 0.3 is 0 Å². The lowest BCUT2D eigenvalue weighted by Crippen LogP contribution is -2.44. The average Bonchev–Trinajstić information content (AvgIpc) is 3.19. The van der Waals surface area contributed by atoms with E-state index in [0.717, 1.165) is 43.4 Å². The number of morpholine rings is 1. The lowest BCUT2D eigenvalue weighted by Gasteiger charge is -2.28. The first-order valence-electron chi connectivity index (χ1n) is 10.2. The van der Waals surface area contributed by atoms with Crippen LogP contribution in [0.5, 0.6) is 0 Å². The largest absolute Gasteiger partial charge is 0.378 e. The van der Waals surface area contributed by atoms with Gasteiger partial charge in [-0.15, -0.1) is 0 Å². The third-order valence-electron chi connectivity index (χ3n) is 5.54. The van der Waals surface area contributed by atoms with Crippen LogP contribution in [0, 0.1) is 0 Å². The number of aliphatic imine (C=N–C) groups is 2. The Hall–Kier alpha value is -3.34. The second kappa shape index (κ2) is 7.97. The Balaban J connectivity index is 1.40. The highest BCUT2D eigenvalue weighted by atomic mass is 32.2. The molecule has 1 fully saturated rings. The summed E-state index contributed by atoms with van der Waals surface area (Å²) in [6.07, 6.45) is 6.32. The van der Waals surface area contributed by atoms with E-state index in [-0.39, 0.29) is 9.49 Å². The first-order chi connectivity index (χ1) is 15.4. The Bertz CT molecular complexity index is 1240. The molecule has 0 aliphatic carbocycles. The normalized spacial score (nSPS) is 22.3. The van der Waals surface area contributed by atoms with Crippen LogP contribution in [0.4, 0.5) is 17.1 Å². The number of anilines is 2. The summed E-state index contributed by atoms with van der Waals surface area (Å²) in [6, 6.07) is 14.8. The summed E-state index contributed by atoms with van der Waals surface area (Å²) in [5, 5.41) is 8.07. The number of ether oxygens (including phenoxy) is 1. The zero-order valence-electron chi connectivity index (χ0n) is 17.5. The zero-order valence-corrected chi connectivity index (χ0v) is 18.4. The lowest BCUT2D eigenvalue weighted by molar-refractivity contribution is 0.122. The summed E-state index contributed by atoms with van der Waals surface area (Å²) in [4.78, 5) is 11.4. The van der Waals surface area contributed by atoms with Crippen molar-refractivity contribution >= 4 is 44.9 Å². The minimum atomic E-state index is -3.28. The van der Waals surface area contributed by atoms with Crippen molar-refractivity contribution in [3.63, 3.8) is 0 Å². The first-order valence-corrected chi connectivity index (χ1v) is 12.1. The predicted octanol–water partition coefficient (Wildman–Crippen LogP) is 2.58. The Labute approximate surface area is 186 Å². The lowest BCUT2D eigenvalue weighted by atomic mass is 10.2. The second-order valence-electron chi connectivity index (χ2n) is 7.69. The van der Waals surface area contributed by atoms with Gasteiger partial charge in [-0.3, -0.25) is 4.99 Å². The molecule has 2 aromatic carbocycles. The molecule has 0 saturated carbocycles. The number of hydrogen-bond donors (Lipinski definition) is 1. The maximum Gasteiger partial charge on any atom is 0.287 e. The van der Waals surface area contributed by atoms with Crippen LogP contribution in [0.25, 0.3) is 0 Å². The Morgan fingerprint density at radius 2 is 1.75 bits per heavy atom. The minimum Gasteiger partial charge on any atom is -0.378 e. The van der Waals surface area contributed by atoms with Crippen LogP contribution in [0.3, 0.4) is 0 Å². The molecule has 164 valence electrons. The first kappa shape index (κ1) is 20.6. The molecule has 1 saturated heterocycles. The van der Waals surface area contributed by atoms with Crippen molar-refractivity contribution in [2.45, 2.75) is 4.90 Å². The maximum absolute atomic E-state index is 11.8. The minimum absolute atomic E-state index is 0.0122. The van der Waals surface area contributed by atoms with Crippen LogP contribution in [-0.4, -0.2) is 59.0 Å². The summed E-state index contributed by atoms with van der Waals surface area (Å²) in [5.74, 6) is 1.07. The van der Waals surface area contributed by atoms with Crippen LogP contribution in [0.15, 0.2) is 80.9 Å². The van der Waals surface area contributed by atoms with E-state index >= 15 is 0 Å². The van der Waals surface area contributed by atoms with Crippen molar-refractivity contribution in [1.82, 2.24) is 4.59 Å². The van der Waals surface area contributed by atoms with Gasteiger partial charge in [0, 0.05) is 42.9 Å². The van der Waals surface area contributed by atoms with Gasteiger partial charge in [-0.25, -0.2) is 8.42 Å². The number of benzene rings is 2. The number of guanidine groups is 1. The molecule has 0 radical (unpaired) electrons. The highest BCUT2D eigenvalue weighted by Gasteiger charge is 2.42. The molecule has 10 heteroatoms. The highest BCUT2D eigenvalue weighted by molar-refractivity contribution is 7.90. The molecule has 0 spiro atoms. The Kier molecular flexibility index (Phi) is 5.12. The third-order valence-corrected chi connectivity index (χ3v) is 6.67. The molecule has 3 aliphatic rings. The topological polar surface area (TPSA) is 95.7 Å². The summed E-state index contributed by atoms with van der Waals surface area (Å²) < 4.78 is 29.0. The quantitative estimate of drug-likeness (QED) is 0.721. The van der Waals surface area contributed by atoms with Gasteiger partial charge in [-0.1, -0.05) is 4.59 Å². The number of quaternary nitrogens is 1. The number of nitrogens with zero attached hydrogens (tertiary/aromatic N) is 5. The molecule has 5 rings (SSSR count). The fourth-order valence-electron chi connectivity index (χ4n) is 3.83. The molecule has 0 amide bonds. The van der Waals surface area contributed by atoms with Crippen molar-refractivity contribution in [3.05, 3.63) is 60.9 Å². The number of hydrogen-bond acceptors (Lipinski definition) is 8. The number of nitrogens with one attached hydrogen (secondary N) is 1. The van der Waals surface area contributed by atoms with Crippen LogP contribution in [0.2, 0.25) is 0 Å². The molecule has 0 bridgehead atoms. The predicted molar refractivity (Wildman–Crippen MR) is 127 cm³/mol. The van der Waals surface area contributed by atoms with Crippen LogP contribution < -0.4 is 14.8 Å². The summed E-state index contributed by atoms with van der Waals surface area (Å²) in [7, 11) is -3.28. The van der Waals surface area contributed by atoms with Gasteiger partial charge in [0.1, 0.15) is 6.21 Å². The van der Waals surface area contributed by atoms with Gasteiger partial charge in [0.25, 0.3) is 11.8 Å². The van der Waals surface area contributed by atoms with Gasteiger partial charge in [-0.2, -0.15) is 4.99 Å². The van der Waals surface area contributed by atoms with Gasteiger partial charge in [-0.05, 0) is 41.5 Å². The second-order valence-corrected chi connectivity index (χ2v) is 9.71. The highest BCUT2D eigenvalue weighted by Crippen LogP contribution is 2.32. The number of sulfone groups is 1. The van der Waals surface area contributed by atoms with Crippen molar-refractivity contribution in [2.75, 3.05) is 42.8 Å². The Morgan fingerprint density at radius 3 is 2.44 bits per heavy atom. The van der Waals surface area contributed by atoms with E-state index < -0.39 is 9.84 Å². The summed E-state index contributed by atoms with van der Waals surface area (Å²) in [5.41, 5.74) is 2.79. The average molecular weight is 452 g/mol. The monoisotopic (exact) mass is 451 g/mol. The van der Waals surface area contributed by atoms with Crippen LogP contribution >= 0.6 is 0 Å². The molecule has 3 heterocycles. The molecule has 1 atom stereocenters. The van der Waals surface area contributed by atoms with E-state index in [2.05, 4.69) is 32.3 Å². The van der Waals surface area contributed by atoms with Gasteiger partial charge in [0.15, 0.2) is 21.7 Å². The molecule has 0 aromatic heterocycles. The van der Waals surface area contributed by atoms with Crippen molar-refractivity contribution in [1.29, 1.82) is 0 Å². The number of fused-ring (bicyclic) bond motifs is 1. The van der Waals surface area contributed by atoms with E-state index in [1.54, 1.807) is 36.7 Å². The maximum atomic E-state index is 11.8. The molecule has 1 N–H and O–H groups in total. The van der Waals surface area contributed by atoms with E-state index in [4.69, 9.17) is 9.84 Å².